The molecule has 0 aliphatic carbocycles. The molecular weight excluding hydrogens is 497 g/mol. The van der Waals surface area contributed by atoms with Crippen molar-refractivity contribution in [3.05, 3.63) is 69.7 Å². The van der Waals surface area contributed by atoms with Gasteiger partial charge in [0.2, 0.25) is 0 Å². The van der Waals surface area contributed by atoms with Gasteiger partial charge in [0.05, 0.1) is 22.3 Å². The first kappa shape index (κ1) is 24.2. The minimum absolute atomic E-state index is 0. The van der Waals surface area contributed by atoms with E-state index < -0.39 is 0 Å². The van der Waals surface area contributed by atoms with Gasteiger partial charge in [0.25, 0.3) is 5.56 Å². The number of aromatic nitrogens is 5. The molecule has 1 aromatic carbocycles. The number of imidazole rings is 1. The molecule has 36 heavy (non-hydrogen) atoms. The van der Waals surface area contributed by atoms with Crippen LogP contribution in [0.25, 0.3) is 44.6 Å². The summed E-state index contributed by atoms with van der Waals surface area (Å²) in [5.41, 5.74) is 11.4. The first-order valence-electron chi connectivity index (χ1n) is 11.6. The molecule has 0 bridgehead atoms. The van der Waals surface area contributed by atoms with Gasteiger partial charge in [-0.15, -0.1) is 12.4 Å². The molecule has 10 heteroatoms. The molecule has 0 radical (unpaired) electrons. The molecule has 5 heterocycles. The maximum absolute atomic E-state index is 13.1. The Hall–Kier alpha value is -3.46. The number of anilines is 1. The van der Waals surface area contributed by atoms with Gasteiger partial charge in [0.15, 0.2) is 5.82 Å². The standard InChI is InChI=1S/C26H24ClN7O.ClH/c1-14-5-2-3-7-16(14)22-17-11-18(26(35)31-19(17)8-9-29-22)24-30-20-12-21(27)32-25(23(20)33-24)34-10-4-6-15(28)13-34;/h2-3,5,7-9,11-12,15H,4,6,10,13,28H2,1H3,(H,30,33)(H,31,35);1H. The van der Waals surface area contributed by atoms with Gasteiger partial charge in [-0.25, -0.2) is 9.97 Å². The lowest BCUT2D eigenvalue weighted by atomic mass is 10.0. The Morgan fingerprint density at radius 1 is 1.08 bits per heavy atom. The highest BCUT2D eigenvalue weighted by atomic mass is 35.5. The molecule has 1 saturated heterocycles. The van der Waals surface area contributed by atoms with E-state index in [4.69, 9.17) is 22.3 Å². The normalized spacial score (nSPS) is 15.9. The fourth-order valence-corrected chi connectivity index (χ4v) is 5.06. The number of hydrogen-bond donors (Lipinski definition) is 3. The monoisotopic (exact) mass is 521 g/mol. The number of nitrogens with zero attached hydrogens (tertiary/aromatic N) is 4. The summed E-state index contributed by atoms with van der Waals surface area (Å²) in [5.74, 6) is 1.14. The van der Waals surface area contributed by atoms with E-state index in [1.165, 1.54) is 0 Å². The number of benzene rings is 1. The summed E-state index contributed by atoms with van der Waals surface area (Å²) in [6, 6.07) is 13.5. The van der Waals surface area contributed by atoms with E-state index in [2.05, 4.69) is 24.8 Å². The Morgan fingerprint density at radius 2 is 1.92 bits per heavy atom. The summed E-state index contributed by atoms with van der Waals surface area (Å²) >= 11 is 6.35. The summed E-state index contributed by atoms with van der Waals surface area (Å²) < 4.78 is 0. The summed E-state index contributed by atoms with van der Waals surface area (Å²) in [6.07, 6.45) is 3.67. The minimum atomic E-state index is -0.237. The van der Waals surface area contributed by atoms with Crippen LogP contribution in [-0.2, 0) is 0 Å². The molecule has 5 aromatic rings. The van der Waals surface area contributed by atoms with Gasteiger partial charge in [-0.1, -0.05) is 35.9 Å². The third kappa shape index (κ3) is 4.21. The molecule has 4 aromatic heterocycles. The average Bonchev–Trinajstić information content (AvgIpc) is 3.26. The smallest absolute Gasteiger partial charge is 0.259 e. The second-order valence-electron chi connectivity index (χ2n) is 9.05. The summed E-state index contributed by atoms with van der Waals surface area (Å²) in [5, 5.41) is 1.20. The molecule has 1 fully saturated rings. The van der Waals surface area contributed by atoms with Crippen molar-refractivity contribution in [2.75, 3.05) is 18.0 Å². The Balaban J connectivity index is 0.00000267. The number of hydrogen-bond acceptors (Lipinski definition) is 6. The van der Waals surface area contributed by atoms with E-state index >= 15 is 0 Å². The lowest BCUT2D eigenvalue weighted by Crippen LogP contribution is -2.43. The molecule has 6 rings (SSSR count). The van der Waals surface area contributed by atoms with Gasteiger partial charge in [0.1, 0.15) is 16.5 Å². The third-order valence-electron chi connectivity index (χ3n) is 6.60. The van der Waals surface area contributed by atoms with Crippen molar-refractivity contribution >= 4 is 51.8 Å². The van der Waals surface area contributed by atoms with Crippen LogP contribution in [0.1, 0.15) is 18.4 Å². The lowest BCUT2D eigenvalue weighted by Gasteiger charge is -2.31. The fourth-order valence-electron chi connectivity index (χ4n) is 4.87. The highest BCUT2D eigenvalue weighted by molar-refractivity contribution is 6.30. The van der Waals surface area contributed by atoms with Crippen LogP contribution in [-0.4, -0.2) is 44.1 Å². The zero-order valence-corrected chi connectivity index (χ0v) is 21.2. The van der Waals surface area contributed by atoms with Gasteiger partial charge in [-0.3, -0.25) is 9.78 Å². The molecule has 0 saturated carbocycles. The van der Waals surface area contributed by atoms with Crippen molar-refractivity contribution in [2.45, 2.75) is 25.8 Å². The Bertz CT molecular complexity index is 1650. The molecule has 0 spiro atoms. The van der Waals surface area contributed by atoms with Crippen molar-refractivity contribution in [3.63, 3.8) is 0 Å². The van der Waals surface area contributed by atoms with E-state index in [9.17, 15) is 4.79 Å². The zero-order valence-electron chi connectivity index (χ0n) is 19.6. The molecule has 8 nitrogen and oxygen atoms in total. The first-order valence-corrected chi connectivity index (χ1v) is 12.0. The molecule has 4 N–H and O–H groups in total. The van der Waals surface area contributed by atoms with E-state index in [1.54, 1.807) is 12.3 Å². The Kier molecular flexibility index (Phi) is 6.42. The highest BCUT2D eigenvalue weighted by Gasteiger charge is 2.23. The van der Waals surface area contributed by atoms with Gasteiger partial charge >= 0.3 is 0 Å². The van der Waals surface area contributed by atoms with E-state index in [-0.39, 0.29) is 24.0 Å². The number of nitrogens with two attached hydrogens (primary N) is 1. The molecule has 1 aliphatic heterocycles. The molecular formula is C26H25Cl2N7O. The lowest BCUT2D eigenvalue weighted by molar-refractivity contribution is 0.504. The highest BCUT2D eigenvalue weighted by Crippen LogP contribution is 2.32. The number of aryl methyl sites for hydroxylation is 1. The number of pyridine rings is 3. The number of aromatic amines is 2. The number of piperidine rings is 1. The quantitative estimate of drug-likeness (QED) is 0.292. The van der Waals surface area contributed by atoms with Crippen molar-refractivity contribution < 1.29 is 0 Å². The fraction of sp³-hybridized carbons (Fsp3) is 0.231. The number of rotatable bonds is 3. The van der Waals surface area contributed by atoms with Crippen LogP contribution in [0.15, 0.2) is 53.5 Å². The molecule has 1 unspecified atom stereocenters. The third-order valence-corrected chi connectivity index (χ3v) is 6.80. The maximum Gasteiger partial charge on any atom is 0.259 e. The number of H-pyrrole nitrogens is 2. The average molecular weight is 522 g/mol. The second-order valence-corrected chi connectivity index (χ2v) is 9.43. The van der Waals surface area contributed by atoms with Crippen molar-refractivity contribution in [1.82, 2.24) is 24.9 Å². The van der Waals surface area contributed by atoms with Crippen molar-refractivity contribution in [2.24, 2.45) is 5.73 Å². The van der Waals surface area contributed by atoms with Crippen molar-refractivity contribution in [1.29, 1.82) is 0 Å². The Labute approximate surface area is 218 Å². The van der Waals surface area contributed by atoms with E-state index in [0.717, 1.165) is 52.6 Å². The summed E-state index contributed by atoms with van der Waals surface area (Å²) in [6.45, 7) is 3.57. The maximum atomic E-state index is 13.1. The van der Waals surface area contributed by atoms with Gasteiger partial charge in [-0.05, 0) is 37.5 Å². The topological polar surface area (TPSA) is 117 Å². The predicted octanol–water partition coefficient (Wildman–Crippen LogP) is 4.84. The molecule has 184 valence electrons. The zero-order chi connectivity index (χ0) is 24.1. The van der Waals surface area contributed by atoms with E-state index in [1.807, 2.05) is 43.3 Å². The number of nitrogens with one attached hydrogen (secondary N) is 2. The van der Waals surface area contributed by atoms with E-state index in [0.29, 0.717) is 34.4 Å². The van der Waals surface area contributed by atoms with Crippen LogP contribution in [0.2, 0.25) is 5.15 Å². The van der Waals surface area contributed by atoms with Crippen LogP contribution in [0.3, 0.4) is 0 Å². The SMILES string of the molecule is Cc1ccccc1-c1nccc2[nH]c(=O)c(-c3nc4c(N5CCCC(N)C5)nc(Cl)cc4[nH]3)cc12.Cl. The minimum Gasteiger partial charge on any atom is -0.353 e. The van der Waals surface area contributed by atoms with Gasteiger partial charge < -0.3 is 20.6 Å². The van der Waals surface area contributed by atoms with Crippen LogP contribution in [0.4, 0.5) is 5.82 Å². The van der Waals surface area contributed by atoms with Crippen LogP contribution < -0.4 is 16.2 Å². The number of halogens is 2. The number of fused-ring (bicyclic) bond motifs is 2. The summed E-state index contributed by atoms with van der Waals surface area (Å²) in [4.78, 5) is 35.5. The second kappa shape index (κ2) is 9.54. The van der Waals surface area contributed by atoms with Crippen LogP contribution >= 0.6 is 24.0 Å². The van der Waals surface area contributed by atoms with Crippen LogP contribution in [0.5, 0.6) is 0 Å². The Morgan fingerprint density at radius 3 is 2.72 bits per heavy atom. The predicted molar refractivity (Wildman–Crippen MR) is 147 cm³/mol. The molecule has 1 aliphatic rings. The molecule has 1 atom stereocenters. The van der Waals surface area contributed by atoms with Crippen LogP contribution in [0, 0.1) is 6.92 Å². The van der Waals surface area contributed by atoms with Gasteiger partial charge in [-0.2, -0.15) is 0 Å². The summed E-state index contributed by atoms with van der Waals surface area (Å²) in [7, 11) is 0. The van der Waals surface area contributed by atoms with Gasteiger partial charge in [0, 0.05) is 42.3 Å². The first-order chi connectivity index (χ1) is 17.0. The largest absolute Gasteiger partial charge is 0.353 e. The van der Waals surface area contributed by atoms with Crippen molar-refractivity contribution in [3.8, 4) is 22.6 Å². The molecule has 0 amide bonds.